The fraction of sp³-hybridized carbons (Fsp3) is 0.0270. The van der Waals surface area contributed by atoms with Gasteiger partial charge in [0.15, 0.2) is 0 Å². The van der Waals surface area contributed by atoms with Gasteiger partial charge in [0.1, 0.15) is 0 Å². The third kappa shape index (κ3) is 6.57. The summed E-state index contributed by atoms with van der Waals surface area (Å²) in [5.41, 5.74) is 21.9. The van der Waals surface area contributed by atoms with E-state index in [1.807, 2.05) is 11.3 Å². The number of nitrogens with zero attached hydrogens (tertiary/aromatic N) is 1. The van der Waals surface area contributed by atoms with Crippen LogP contribution in [0.4, 0.5) is 17.1 Å². The maximum atomic E-state index is 2.55. The summed E-state index contributed by atoms with van der Waals surface area (Å²) in [6.45, 7) is 0. The van der Waals surface area contributed by atoms with E-state index < -0.39 is 10.8 Å². The summed E-state index contributed by atoms with van der Waals surface area (Å²) >= 11 is 1.86. The molecule has 356 valence electrons. The van der Waals surface area contributed by atoms with Gasteiger partial charge in [-0.15, -0.1) is 11.3 Å². The average Bonchev–Trinajstić information content (AvgIpc) is 4.33. The standard InChI is InChI=1S/C74H49NS/c1-6-22-51(23-7-1)63-48-64-60-33-17-20-36-67(60)74(55-28-12-4-13-29-55,56-30-14-5-15-31-56)69(64)49-70(63)75(57-41-38-50(39-42-57)52-40-45-72-65(46-52)62-34-18-21-37-71(62)76-72)58-43-44-61-59-32-16-19-35-66(59)73(68(61)47-58,53-24-8-2-9-25-53)54-26-10-3-11-27-54/h1-49H. The molecule has 0 radical (unpaired) electrons. The molecule has 76 heavy (non-hydrogen) atoms. The van der Waals surface area contributed by atoms with Crippen LogP contribution in [0.5, 0.6) is 0 Å². The maximum Gasteiger partial charge on any atom is 0.0714 e. The van der Waals surface area contributed by atoms with E-state index in [1.54, 1.807) is 0 Å². The predicted molar refractivity (Wildman–Crippen MR) is 319 cm³/mol. The van der Waals surface area contributed by atoms with E-state index in [0.717, 1.165) is 28.2 Å². The molecule has 0 aliphatic heterocycles. The molecule has 1 aromatic heterocycles. The minimum Gasteiger partial charge on any atom is -0.310 e. The van der Waals surface area contributed by atoms with Crippen molar-refractivity contribution in [2.75, 3.05) is 4.90 Å². The van der Waals surface area contributed by atoms with Gasteiger partial charge in [0.25, 0.3) is 0 Å². The van der Waals surface area contributed by atoms with Crippen LogP contribution in [0.1, 0.15) is 44.5 Å². The molecule has 12 aromatic carbocycles. The molecule has 2 aliphatic rings. The van der Waals surface area contributed by atoms with Crippen LogP contribution in [0, 0.1) is 0 Å². The van der Waals surface area contributed by atoms with E-state index in [1.165, 1.54) is 98.1 Å². The summed E-state index contributed by atoms with van der Waals surface area (Å²) in [6.07, 6.45) is 0. The average molecular weight is 984 g/mol. The van der Waals surface area contributed by atoms with Crippen molar-refractivity contribution in [3.05, 3.63) is 342 Å². The van der Waals surface area contributed by atoms with Gasteiger partial charge in [-0.1, -0.05) is 243 Å². The number of hydrogen-bond donors (Lipinski definition) is 0. The minimum atomic E-state index is -0.603. The molecule has 0 fully saturated rings. The van der Waals surface area contributed by atoms with Gasteiger partial charge in [-0.05, 0) is 138 Å². The topological polar surface area (TPSA) is 3.24 Å². The monoisotopic (exact) mass is 983 g/mol. The van der Waals surface area contributed by atoms with Crippen LogP contribution in [0.15, 0.2) is 297 Å². The Morgan fingerprint density at radius 1 is 0.250 bits per heavy atom. The van der Waals surface area contributed by atoms with E-state index in [-0.39, 0.29) is 0 Å². The number of rotatable bonds is 9. The number of fused-ring (bicyclic) bond motifs is 9. The lowest BCUT2D eigenvalue weighted by molar-refractivity contribution is 0.767. The zero-order chi connectivity index (χ0) is 50.2. The van der Waals surface area contributed by atoms with Crippen molar-refractivity contribution in [3.63, 3.8) is 0 Å². The summed E-state index contributed by atoms with van der Waals surface area (Å²) < 4.78 is 2.62. The molecule has 0 spiro atoms. The van der Waals surface area contributed by atoms with E-state index >= 15 is 0 Å². The summed E-state index contributed by atoms with van der Waals surface area (Å²) in [7, 11) is 0. The molecule has 13 aromatic rings. The van der Waals surface area contributed by atoms with Gasteiger partial charge >= 0.3 is 0 Å². The Labute approximate surface area is 447 Å². The largest absolute Gasteiger partial charge is 0.310 e. The lowest BCUT2D eigenvalue weighted by Gasteiger charge is -2.36. The van der Waals surface area contributed by atoms with E-state index in [2.05, 4.69) is 302 Å². The third-order valence-electron chi connectivity index (χ3n) is 16.4. The molecular formula is C74H49NS. The van der Waals surface area contributed by atoms with Gasteiger partial charge in [0.05, 0.1) is 16.5 Å². The van der Waals surface area contributed by atoms with Crippen LogP contribution in [0.3, 0.4) is 0 Å². The van der Waals surface area contributed by atoms with E-state index in [4.69, 9.17) is 0 Å². The summed E-state index contributed by atoms with van der Waals surface area (Å²) in [4.78, 5) is 2.55. The normalized spacial score (nSPS) is 13.5. The van der Waals surface area contributed by atoms with Crippen molar-refractivity contribution >= 4 is 48.6 Å². The maximum absolute atomic E-state index is 2.55. The second kappa shape index (κ2) is 17.7. The Hall–Kier alpha value is -9.34. The van der Waals surface area contributed by atoms with Gasteiger partial charge in [0.2, 0.25) is 0 Å². The van der Waals surface area contributed by atoms with Crippen molar-refractivity contribution in [3.8, 4) is 44.5 Å². The zero-order valence-corrected chi connectivity index (χ0v) is 42.5. The lowest BCUT2D eigenvalue weighted by atomic mass is 9.67. The highest BCUT2D eigenvalue weighted by Gasteiger charge is 2.48. The molecule has 0 saturated heterocycles. The second-order valence-electron chi connectivity index (χ2n) is 20.3. The highest BCUT2D eigenvalue weighted by atomic mass is 32.1. The lowest BCUT2D eigenvalue weighted by Crippen LogP contribution is -2.29. The predicted octanol–water partition coefficient (Wildman–Crippen LogP) is 19.6. The van der Waals surface area contributed by atoms with Crippen LogP contribution in [-0.4, -0.2) is 0 Å². The summed E-state index contributed by atoms with van der Waals surface area (Å²) in [6, 6.07) is 111. The third-order valence-corrected chi connectivity index (χ3v) is 17.6. The molecule has 0 saturated carbocycles. The Balaban J connectivity index is 1.03. The van der Waals surface area contributed by atoms with Crippen molar-refractivity contribution in [1.29, 1.82) is 0 Å². The van der Waals surface area contributed by atoms with Crippen LogP contribution >= 0.6 is 11.3 Å². The van der Waals surface area contributed by atoms with Crippen LogP contribution in [0.2, 0.25) is 0 Å². The first-order valence-electron chi connectivity index (χ1n) is 26.3. The molecule has 2 heteroatoms. The molecule has 1 heterocycles. The molecule has 2 aliphatic carbocycles. The van der Waals surface area contributed by atoms with Crippen molar-refractivity contribution < 1.29 is 0 Å². The first-order chi connectivity index (χ1) is 37.7. The number of benzene rings is 12. The smallest absolute Gasteiger partial charge is 0.0714 e. The van der Waals surface area contributed by atoms with E-state index in [9.17, 15) is 0 Å². The molecule has 0 unspecified atom stereocenters. The highest BCUT2D eigenvalue weighted by Crippen LogP contribution is 2.61. The molecule has 0 N–H and O–H groups in total. The second-order valence-corrected chi connectivity index (χ2v) is 21.3. The SMILES string of the molecule is c1ccc(-c2cc3c(cc2N(c2ccc(-c4ccc5sc6ccccc6c5c4)cc2)c2ccc4c(c2)C(c2ccccc2)(c2ccccc2)c2ccccc2-4)C(c2ccccc2)(c2ccccc2)c2ccccc2-3)cc1. The highest BCUT2D eigenvalue weighted by molar-refractivity contribution is 7.25. The first kappa shape index (κ1) is 44.2. The van der Waals surface area contributed by atoms with Gasteiger partial charge in [-0.3, -0.25) is 0 Å². The van der Waals surface area contributed by atoms with Gasteiger partial charge in [-0.25, -0.2) is 0 Å². The number of thiophene rings is 1. The Bertz CT molecular complexity index is 4230. The molecule has 0 bridgehead atoms. The fourth-order valence-electron chi connectivity index (χ4n) is 13.2. The Morgan fingerprint density at radius 3 is 1.29 bits per heavy atom. The van der Waals surface area contributed by atoms with Crippen LogP contribution < -0.4 is 4.90 Å². The molecule has 0 atom stereocenters. The van der Waals surface area contributed by atoms with Crippen LogP contribution in [-0.2, 0) is 10.8 Å². The van der Waals surface area contributed by atoms with Gasteiger partial charge in [0, 0.05) is 37.1 Å². The summed E-state index contributed by atoms with van der Waals surface area (Å²) in [5, 5.41) is 2.61. The minimum absolute atomic E-state index is 0.581. The fourth-order valence-corrected chi connectivity index (χ4v) is 14.3. The Morgan fingerprint density at radius 2 is 0.697 bits per heavy atom. The Kier molecular flexibility index (Phi) is 10.3. The van der Waals surface area contributed by atoms with E-state index in [0.29, 0.717) is 0 Å². The molecule has 0 amide bonds. The molecule has 15 rings (SSSR count). The number of hydrogen-bond acceptors (Lipinski definition) is 2. The van der Waals surface area contributed by atoms with Crippen molar-refractivity contribution in [1.82, 2.24) is 0 Å². The quantitative estimate of drug-likeness (QED) is 0.139. The zero-order valence-electron chi connectivity index (χ0n) is 41.6. The van der Waals surface area contributed by atoms with Crippen molar-refractivity contribution in [2.24, 2.45) is 0 Å². The molecule has 1 nitrogen and oxygen atoms in total. The number of anilines is 3. The summed E-state index contributed by atoms with van der Waals surface area (Å²) in [5.74, 6) is 0. The van der Waals surface area contributed by atoms with Crippen molar-refractivity contribution in [2.45, 2.75) is 10.8 Å². The van der Waals surface area contributed by atoms with Crippen LogP contribution in [0.25, 0.3) is 64.7 Å². The van der Waals surface area contributed by atoms with Gasteiger partial charge < -0.3 is 4.90 Å². The molecular weight excluding hydrogens is 935 g/mol. The first-order valence-corrected chi connectivity index (χ1v) is 27.1. The van der Waals surface area contributed by atoms with Gasteiger partial charge in [-0.2, -0.15) is 0 Å².